The number of esters is 1. The van der Waals surface area contributed by atoms with E-state index in [0.717, 1.165) is 6.42 Å². The Morgan fingerprint density at radius 1 is 1.16 bits per heavy atom. The SMILES string of the molecule is CCOC(=O)CCc1ccc(N2CCCCC2)cc1. The molecule has 3 nitrogen and oxygen atoms in total. The van der Waals surface area contributed by atoms with Crippen LogP contribution in [0.3, 0.4) is 0 Å². The van der Waals surface area contributed by atoms with Gasteiger partial charge in [-0.05, 0) is 50.3 Å². The van der Waals surface area contributed by atoms with Gasteiger partial charge in [0.1, 0.15) is 0 Å². The Morgan fingerprint density at radius 3 is 2.47 bits per heavy atom. The Hall–Kier alpha value is -1.51. The molecule has 104 valence electrons. The molecular formula is C16H23NO2. The van der Waals surface area contributed by atoms with Gasteiger partial charge >= 0.3 is 5.97 Å². The molecule has 0 aliphatic carbocycles. The number of rotatable bonds is 5. The minimum absolute atomic E-state index is 0.109. The minimum Gasteiger partial charge on any atom is -0.466 e. The van der Waals surface area contributed by atoms with E-state index in [1.54, 1.807) is 0 Å². The lowest BCUT2D eigenvalue weighted by Crippen LogP contribution is -2.29. The number of hydrogen-bond acceptors (Lipinski definition) is 3. The first-order chi connectivity index (χ1) is 9.29. The summed E-state index contributed by atoms with van der Waals surface area (Å²) in [5.41, 5.74) is 2.51. The predicted molar refractivity (Wildman–Crippen MR) is 77.5 cm³/mol. The maximum absolute atomic E-state index is 11.3. The molecule has 1 aromatic carbocycles. The zero-order chi connectivity index (χ0) is 13.5. The molecule has 0 unspecified atom stereocenters. The van der Waals surface area contributed by atoms with Gasteiger partial charge in [0.2, 0.25) is 0 Å². The molecule has 1 saturated heterocycles. The monoisotopic (exact) mass is 261 g/mol. The summed E-state index contributed by atoms with van der Waals surface area (Å²) in [5, 5.41) is 0. The lowest BCUT2D eigenvalue weighted by Gasteiger charge is -2.28. The average molecular weight is 261 g/mol. The summed E-state index contributed by atoms with van der Waals surface area (Å²) < 4.78 is 4.94. The fourth-order valence-corrected chi connectivity index (χ4v) is 2.51. The summed E-state index contributed by atoms with van der Waals surface area (Å²) in [5.74, 6) is -0.109. The zero-order valence-corrected chi connectivity index (χ0v) is 11.7. The molecule has 0 saturated carbocycles. The van der Waals surface area contributed by atoms with Crippen molar-refractivity contribution in [3.63, 3.8) is 0 Å². The van der Waals surface area contributed by atoms with Crippen LogP contribution in [0.2, 0.25) is 0 Å². The first kappa shape index (κ1) is 13.9. The molecule has 1 aliphatic heterocycles. The Bertz CT molecular complexity index is 394. The van der Waals surface area contributed by atoms with E-state index in [9.17, 15) is 4.79 Å². The van der Waals surface area contributed by atoms with Crippen LogP contribution >= 0.6 is 0 Å². The maximum atomic E-state index is 11.3. The first-order valence-corrected chi connectivity index (χ1v) is 7.29. The number of nitrogens with zero attached hydrogens (tertiary/aromatic N) is 1. The summed E-state index contributed by atoms with van der Waals surface area (Å²) in [6.45, 7) is 4.64. The van der Waals surface area contributed by atoms with Gasteiger partial charge in [0, 0.05) is 25.2 Å². The summed E-state index contributed by atoms with van der Waals surface area (Å²) in [6.07, 6.45) is 5.18. The van der Waals surface area contributed by atoms with Crippen LogP contribution in [0.1, 0.15) is 38.2 Å². The number of ether oxygens (including phenoxy) is 1. The zero-order valence-electron chi connectivity index (χ0n) is 11.7. The van der Waals surface area contributed by atoms with Gasteiger partial charge in [-0.3, -0.25) is 4.79 Å². The van der Waals surface area contributed by atoms with Crippen LogP contribution in [0.25, 0.3) is 0 Å². The molecule has 19 heavy (non-hydrogen) atoms. The Labute approximate surface area is 115 Å². The van der Waals surface area contributed by atoms with Crippen molar-refractivity contribution < 1.29 is 9.53 Å². The van der Waals surface area contributed by atoms with Crippen molar-refractivity contribution in [3.05, 3.63) is 29.8 Å². The lowest BCUT2D eigenvalue weighted by atomic mass is 10.1. The molecule has 1 aliphatic rings. The largest absolute Gasteiger partial charge is 0.466 e. The van der Waals surface area contributed by atoms with Crippen molar-refractivity contribution in [1.29, 1.82) is 0 Å². The van der Waals surface area contributed by atoms with E-state index in [4.69, 9.17) is 4.74 Å². The third-order valence-corrected chi connectivity index (χ3v) is 3.58. The molecule has 0 atom stereocenters. The van der Waals surface area contributed by atoms with E-state index in [1.165, 1.54) is 43.6 Å². The van der Waals surface area contributed by atoms with E-state index in [0.29, 0.717) is 13.0 Å². The van der Waals surface area contributed by atoms with Crippen LogP contribution in [-0.4, -0.2) is 25.7 Å². The number of aryl methyl sites for hydroxylation is 1. The highest BCUT2D eigenvalue weighted by Crippen LogP contribution is 2.20. The second-order valence-electron chi connectivity index (χ2n) is 5.02. The highest BCUT2D eigenvalue weighted by molar-refractivity contribution is 5.69. The van der Waals surface area contributed by atoms with Crippen LogP contribution in [0.15, 0.2) is 24.3 Å². The smallest absolute Gasteiger partial charge is 0.306 e. The normalized spacial score (nSPS) is 15.3. The van der Waals surface area contributed by atoms with Crippen molar-refractivity contribution in [2.24, 2.45) is 0 Å². The topological polar surface area (TPSA) is 29.5 Å². The van der Waals surface area contributed by atoms with Crippen LogP contribution in [0.5, 0.6) is 0 Å². The number of carbonyl (C=O) groups excluding carboxylic acids is 1. The van der Waals surface area contributed by atoms with Gasteiger partial charge in [-0.1, -0.05) is 12.1 Å². The van der Waals surface area contributed by atoms with E-state index in [2.05, 4.69) is 29.2 Å². The number of anilines is 1. The lowest BCUT2D eigenvalue weighted by molar-refractivity contribution is -0.143. The molecule has 0 radical (unpaired) electrons. The van der Waals surface area contributed by atoms with Crippen LogP contribution in [-0.2, 0) is 16.0 Å². The van der Waals surface area contributed by atoms with Crippen molar-refractivity contribution in [2.75, 3.05) is 24.6 Å². The molecule has 1 aromatic rings. The van der Waals surface area contributed by atoms with Crippen molar-refractivity contribution >= 4 is 11.7 Å². The molecule has 0 N–H and O–H groups in total. The van der Waals surface area contributed by atoms with Crippen LogP contribution in [0, 0.1) is 0 Å². The Morgan fingerprint density at radius 2 is 1.84 bits per heavy atom. The van der Waals surface area contributed by atoms with Gasteiger partial charge in [0.05, 0.1) is 6.61 Å². The van der Waals surface area contributed by atoms with Gasteiger partial charge in [-0.15, -0.1) is 0 Å². The third kappa shape index (κ3) is 4.27. The van der Waals surface area contributed by atoms with Gasteiger partial charge < -0.3 is 9.64 Å². The summed E-state index contributed by atoms with van der Waals surface area (Å²) in [7, 11) is 0. The van der Waals surface area contributed by atoms with E-state index in [1.807, 2.05) is 6.92 Å². The molecule has 0 spiro atoms. The summed E-state index contributed by atoms with van der Waals surface area (Å²) in [4.78, 5) is 13.7. The molecule has 1 fully saturated rings. The van der Waals surface area contributed by atoms with Crippen LogP contribution in [0.4, 0.5) is 5.69 Å². The number of carbonyl (C=O) groups is 1. The van der Waals surface area contributed by atoms with Crippen molar-refractivity contribution in [2.45, 2.75) is 39.0 Å². The summed E-state index contributed by atoms with van der Waals surface area (Å²) in [6, 6.07) is 8.60. The molecule has 1 heterocycles. The van der Waals surface area contributed by atoms with Gasteiger partial charge in [-0.25, -0.2) is 0 Å². The molecule has 0 bridgehead atoms. The molecular weight excluding hydrogens is 238 g/mol. The van der Waals surface area contributed by atoms with E-state index >= 15 is 0 Å². The molecule has 2 rings (SSSR count). The Kier molecular flexibility index (Phi) is 5.25. The fourth-order valence-electron chi connectivity index (χ4n) is 2.51. The van der Waals surface area contributed by atoms with E-state index in [-0.39, 0.29) is 5.97 Å². The first-order valence-electron chi connectivity index (χ1n) is 7.29. The number of hydrogen-bond donors (Lipinski definition) is 0. The standard InChI is InChI=1S/C16H23NO2/c1-2-19-16(18)11-8-14-6-9-15(10-7-14)17-12-4-3-5-13-17/h6-7,9-10H,2-5,8,11-13H2,1H3. The maximum Gasteiger partial charge on any atom is 0.306 e. The van der Waals surface area contributed by atoms with Crippen molar-refractivity contribution in [3.8, 4) is 0 Å². The molecule has 3 heteroatoms. The number of benzene rings is 1. The van der Waals surface area contributed by atoms with Gasteiger partial charge in [-0.2, -0.15) is 0 Å². The van der Waals surface area contributed by atoms with Gasteiger partial charge in [0.25, 0.3) is 0 Å². The highest BCUT2D eigenvalue weighted by Gasteiger charge is 2.10. The van der Waals surface area contributed by atoms with Crippen molar-refractivity contribution in [1.82, 2.24) is 0 Å². The van der Waals surface area contributed by atoms with E-state index < -0.39 is 0 Å². The molecule has 0 amide bonds. The van der Waals surface area contributed by atoms with Crippen LogP contribution < -0.4 is 4.90 Å². The van der Waals surface area contributed by atoms with Gasteiger partial charge in [0.15, 0.2) is 0 Å². The predicted octanol–water partition coefficient (Wildman–Crippen LogP) is 3.17. The second kappa shape index (κ2) is 7.17. The summed E-state index contributed by atoms with van der Waals surface area (Å²) >= 11 is 0. The quantitative estimate of drug-likeness (QED) is 0.762. The highest BCUT2D eigenvalue weighted by atomic mass is 16.5. The fraction of sp³-hybridized carbons (Fsp3) is 0.562. The second-order valence-corrected chi connectivity index (χ2v) is 5.02. The average Bonchev–Trinajstić information content (AvgIpc) is 2.47. The molecule has 0 aromatic heterocycles. The Balaban J connectivity index is 1.85. The number of piperidine rings is 1. The minimum atomic E-state index is -0.109. The third-order valence-electron chi connectivity index (χ3n) is 3.58.